The van der Waals surface area contributed by atoms with Crippen LogP contribution < -0.4 is 10.6 Å². The van der Waals surface area contributed by atoms with E-state index < -0.39 is 11.9 Å². The molecule has 2 fully saturated rings. The highest BCUT2D eigenvalue weighted by molar-refractivity contribution is 5.95. The molecule has 1 spiro atoms. The number of pyridine rings is 1. The lowest BCUT2D eigenvalue weighted by Gasteiger charge is -2.23. The van der Waals surface area contributed by atoms with Gasteiger partial charge in [-0.3, -0.25) is 4.79 Å². The van der Waals surface area contributed by atoms with Crippen molar-refractivity contribution in [1.82, 2.24) is 10.3 Å². The van der Waals surface area contributed by atoms with Gasteiger partial charge in [-0.1, -0.05) is 0 Å². The third-order valence-corrected chi connectivity index (χ3v) is 4.43. The van der Waals surface area contributed by atoms with E-state index in [1.165, 1.54) is 6.07 Å². The molecule has 3 rings (SSSR count). The van der Waals surface area contributed by atoms with E-state index in [1.807, 2.05) is 0 Å². The number of nitrogens with zero attached hydrogens (tertiary/aromatic N) is 1. The molecule has 1 unspecified atom stereocenters. The zero-order valence-corrected chi connectivity index (χ0v) is 11.3. The smallest absolute Gasteiger partial charge is 0.324 e. The van der Waals surface area contributed by atoms with E-state index in [2.05, 4.69) is 15.6 Å². The van der Waals surface area contributed by atoms with Gasteiger partial charge < -0.3 is 10.6 Å². The Morgan fingerprint density at radius 2 is 2.05 bits per heavy atom. The number of rotatable bonds is 2. The summed E-state index contributed by atoms with van der Waals surface area (Å²) in [6.07, 6.45) is -0.572. The average molecular weight is 299 g/mol. The van der Waals surface area contributed by atoms with Gasteiger partial charge in [0.25, 0.3) is 0 Å². The van der Waals surface area contributed by atoms with Crippen molar-refractivity contribution >= 4 is 11.6 Å². The van der Waals surface area contributed by atoms with Gasteiger partial charge in [0.05, 0.1) is 11.9 Å². The molecule has 1 saturated heterocycles. The van der Waals surface area contributed by atoms with Crippen molar-refractivity contribution in [3.05, 3.63) is 24.0 Å². The maximum atomic E-state index is 12.4. The molecule has 0 bridgehead atoms. The first kappa shape index (κ1) is 14.3. The Balaban J connectivity index is 1.61. The van der Waals surface area contributed by atoms with Gasteiger partial charge in [0, 0.05) is 5.92 Å². The highest BCUT2D eigenvalue weighted by atomic mass is 19.4. The van der Waals surface area contributed by atoms with Gasteiger partial charge in [-0.15, -0.1) is 0 Å². The van der Waals surface area contributed by atoms with Gasteiger partial charge >= 0.3 is 6.18 Å². The van der Waals surface area contributed by atoms with Crippen LogP contribution in [0, 0.1) is 11.3 Å². The third kappa shape index (κ3) is 2.88. The van der Waals surface area contributed by atoms with Gasteiger partial charge in [-0.2, -0.15) is 13.2 Å². The van der Waals surface area contributed by atoms with Crippen LogP contribution in [0.5, 0.6) is 0 Å². The van der Waals surface area contributed by atoms with Crippen molar-refractivity contribution in [1.29, 1.82) is 0 Å². The number of aromatic nitrogens is 1. The third-order valence-electron chi connectivity index (χ3n) is 4.43. The zero-order valence-electron chi connectivity index (χ0n) is 11.3. The molecule has 0 aromatic carbocycles. The van der Waals surface area contributed by atoms with Crippen LogP contribution in [0.1, 0.15) is 25.0 Å². The summed E-state index contributed by atoms with van der Waals surface area (Å²) in [5, 5.41) is 5.93. The molecular weight excluding hydrogens is 283 g/mol. The molecule has 1 aromatic heterocycles. The lowest BCUT2D eigenvalue weighted by molar-refractivity contribution is -0.141. The fourth-order valence-corrected chi connectivity index (χ4v) is 3.06. The fraction of sp³-hybridized carbons (Fsp3) is 0.571. The summed E-state index contributed by atoms with van der Waals surface area (Å²) < 4.78 is 37.2. The topological polar surface area (TPSA) is 54.0 Å². The summed E-state index contributed by atoms with van der Waals surface area (Å²) in [5.41, 5.74) is -0.542. The molecule has 4 nitrogen and oxygen atoms in total. The quantitative estimate of drug-likeness (QED) is 0.882. The minimum atomic E-state index is -4.46. The lowest BCUT2D eigenvalue weighted by atomic mass is 9.92. The first-order valence-corrected chi connectivity index (χ1v) is 6.96. The SMILES string of the molecule is O=C(Nc1ccc(C(F)(F)F)nc1)C1CC12CCNCC2. The van der Waals surface area contributed by atoms with Crippen molar-refractivity contribution in [3.8, 4) is 0 Å². The molecule has 114 valence electrons. The number of halogens is 3. The Hall–Kier alpha value is -1.63. The van der Waals surface area contributed by atoms with Crippen molar-refractivity contribution in [2.45, 2.75) is 25.4 Å². The van der Waals surface area contributed by atoms with E-state index in [-0.39, 0.29) is 17.2 Å². The highest BCUT2D eigenvalue weighted by Gasteiger charge is 2.57. The summed E-state index contributed by atoms with van der Waals surface area (Å²) in [7, 11) is 0. The van der Waals surface area contributed by atoms with Crippen molar-refractivity contribution < 1.29 is 18.0 Å². The molecule has 7 heteroatoms. The molecule has 2 aliphatic rings. The molecule has 0 radical (unpaired) electrons. The molecule has 1 aliphatic carbocycles. The summed E-state index contributed by atoms with van der Waals surface area (Å²) in [4.78, 5) is 15.5. The van der Waals surface area contributed by atoms with Crippen LogP contribution in [-0.2, 0) is 11.0 Å². The predicted molar refractivity (Wildman–Crippen MR) is 70.5 cm³/mol. The van der Waals surface area contributed by atoms with Gasteiger partial charge in [0.15, 0.2) is 0 Å². The van der Waals surface area contributed by atoms with Crippen LogP contribution in [0.2, 0.25) is 0 Å². The van der Waals surface area contributed by atoms with Crippen LogP contribution >= 0.6 is 0 Å². The van der Waals surface area contributed by atoms with E-state index in [4.69, 9.17) is 0 Å². The van der Waals surface area contributed by atoms with E-state index in [9.17, 15) is 18.0 Å². The van der Waals surface area contributed by atoms with Gasteiger partial charge in [-0.25, -0.2) is 4.98 Å². The monoisotopic (exact) mass is 299 g/mol. The van der Waals surface area contributed by atoms with Crippen LogP contribution in [0.15, 0.2) is 18.3 Å². The van der Waals surface area contributed by atoms with E-state index >= 15 is 0 Å². The molecule has 2 N–H and O–H groups in total. The number of hydrogen-bond acceptors (Lipinski definition) is 3. The molecule has 1 aliphatic heterocycles. The van der Waals surface area contributed by atoms with Crippen LogP contribution in [0.25, 0.3) is 0 Å². The second kappa shape index (κ2) is 4.98. The number of amides is 1. The molecule has 1 amide bonds. The number of anilines is 1. The van der Waals surface area contributed by atoms with E-state index in [0.717, 1.165) is 44.6 Å². The number of alkyl halides is 3. The average Bonchev–Trinajstić information content (AvgIpc) is 3.13. The first-order chi connectivity index (χ1) is 9.91. The van der Waals surface area contributed by atoms with Crippen LogP contribution in [0.4, 0.5) is 18.9 Å². The summed E-state index contributed by atoms with van der Waals surface area (Å²) in [6.45, 7) is 1.84. The summed E-state index contributed by atoms with van der Waals surface area (Å²) in [5.74, 6) is -0.139. The van der Waals surface area contributed by atoms with Crippen LogP contribution in [0.3, 0.4) is 0 Å². The minimum absolute atomic E-state index is 0.0260. The number of piperidine rings is 1. The van der Waals surface area contributed by atoms with Gasteiger partial charge in [-0.05, 0) is 49.9 Å². The maximum Gasteiger partial charge on any atom is 0.433 e. The highest BCUT2D eigenvalue weighted by Crippen LogP contribution is 2.58. The van der Waals surface area contributed by atoms with Crippen molar-refractivity contribution in [3.63, 3.8) is 0 Å². The molecule has 21 heavy (non-hydrogen) atoms. The first-order valence-electron chi connectivity index (χ1n) is 6.96. The molecule has 1 atom stereocenters. The zero-order chi connectivity index (χ0) is 15.1. The molecule has 1 aromatic rings. The molecule has 2 heterocycles. The number of hydrogen-bond donors (Lipinski definition) is 2. The van der Waals surface area contributed by atoms with E-state index in [1.54, 1.807) is 0 Å². The Morgan fingerprint density at radius 3 is 2.62 bits per heavy atom. The van der Waals surface area contributed by atoms with E-state index in [0.29, 0.717) is 5.69 Å². The Bertz CT molecular complexity index is 535. The summed E-state index contributed by atoms with van der Waals surface area (Å²) >= 11 is 0. The number of carbonyl (C=O) groups excluding carboxylic acids is 1. The molecular formula is C14H16F3N3O. The second-order valence-electron chi connectivity index (χ2n) is 5.79. The van der Waals surface area contributed by atoms with Gasteiger partial charge in [0.2, 0.25) is 5.91 Å². The fourth-order valence-electron chi connectivity index (χ4n) is 3.06. The normalized spacial score (nSPS) is 23.9. The maximum absolute atomic E-state index is 12.4. The number of nitrogens with one attached hydrogen (secondary N) is 2. The Morgan fingerprint density at radius 1 is 1.33 bits per heavy atom. The largest absolute Gasteiger partial charge is 0.433 e. The summed E-state index contributed by atoms with van der Waals surface area (Å²) in [6, 6.07) is 2.12. The standard InChI is InChI=1S/C14H16F3N3O/c15-14(16,17)11-2-1-9(8-19-11)20-12(21)10-7-13(10)3-5-18-6-4-13/h1-2,8,10,18H,3-7H2,(H,20,21). The predicted octanol–water partition coefficient (Wildman–Crippen LogP) is 2.43. The second-order valence-corrected chi connectivity index (χ2v) is 5.79. The lowest BCUT2D eigenvalue weighted by Crippen LogP contribution is -2.31. The Labute approximate surface area is 120 Å². The molecule has 1 saturated carbocycles. The number of carbonyl (C=O) groups is 1. The van der Waals surface area contributed by atoms with Crippen molar-refractivity contribution in [2.24, 2.45) is 11.3 Å². The van der Waals surface area contributed by atoms with Crippen molar-refractivity contribution in [2.75, 3.05) is 18.4 Å². The van der Waals surface area contributed by atoms with Gasteiger partial charge in [0.1, 0.15) is 5.69 Å². The Kier molecular flexibility index (Phi) is 3.39. The minimum Gasteiger partial charge on any atom is -0.324 e. The van der Waals surface area contributed by atoms with Crippen LogP contribution in [-0.4, -0.2) is 24.0 Å².